The number of aromatic carboxylic acids is 1. The number of aliphatic hydroxyl groups excluding tert-OH is 1. The van der Waals surface area contributed by atoms with Gasteiger partial charge in [0.2, 0.25) is 0 Å². The number of alkyl halides is 3. The highest BCUT2D eigenvalue weighted by Crippen LogP contribution is 2.40. The number of aryl methyl sites for hydroxylation is 1. The summed E-state index contributed by atoms with van der Waals surface area (Å²) in [4.78, 5) is 15.2. The molecule has 1 unspecified atom stereocenters. The number of fused-ring (bicyclic) bond motifs is 3. The molecule has 2 heterocycles. The van der Waals surface area contributed by atoms with Crippen molar-refractivity contribution in [3.63, 3.8) is 0 Å². The van der Waals surface area contributed by atoms with Crippen LogP contribution in [0.5, 0.6) is 0 Å². The summed E-state index contributed by atoms with van der Waals surface area (Å²) >= 11 is 0. The van der Waals surface area contributed by atoms with E-state index in [1.807, 2.05) is 0 Å². The Hall–Kier alpha value is -4.64. The van der Waals surface area contributed by atoms with E-state index in [9.17, 15) is 28.2 Å². The van der Waals surface area contributed by atoms with Crippen molar-refractivity contribution in [2.24, 2.45) is 10.7 Å². The number of allylic oxidation sites excluding steroid dienone is 1. The molecule has 2 aromatic carbocycles. The van der Waals surface area contributed by atoms with E-state index in [4.69, 9.17) is 14.7 Å². The second kappa shape index (κ2) is 9.67. The zero-order valence-electron chi connectivity index (χ0n) is 19.6. The van der Waals surface area contributed by atoms with Crippen LogP contribution >= 0.6 is 0 Å². The Morgan fingerprint density at radius 2 is 1.89 bits per heavy atom. The Balaban J connectivity index is 1.52. The summed E-state index contributed by atoms with van der Waals surface area (Å²) in [7, 11) is 0. The number of hydrogen-bond acceptors (Lipinski definition) is 7. The third kappa shape index (κ3) is 4.48. The smallest absolute Gasteiger partial charge is 0.434 e. The quantitative estimate of drug-likeness (QED) is 0.286. The van der Waals surface area contributed by atoms with Gasteiger partial charge < -0.3 is 24.9 Å². The lowest BCUT2D eigenvalue weighted by Gasteiger charge is -2.19. The van der Waals surface area contributed by atoms with Gasteiger partial charge in [-0.25, -0.2) is 9.79 Å². The summed E-state index contributed by atoms with van der Waals surface area (Å²) in [6.45, 7) is 0. The second-order valence-corrected chi connectivity index (χ2v) is 8.54. The molecule has 8 nitrogen and oxygen atoms in total. The number of carboxylic acids is 1. The number of halogens is 3. The Bertz CT molecular complexity index is 1570. The van der Waals surface area contributed by atoms with Gasteiger partial charge in [-0.05, 0) is 42.2 Å². The number of carbonyl (C=O) groups is 1. The van der Waals surface area contributed by atoms with Gasteiger partial charge in [-0.1, -0.05) is 41.6 Å². The maximum absolute atomic E-state index is 14.1. The summed E-state index contributed by atoms with van der Waals surface area (Å²) in [5, 5.41) is 24.1. The van der Waals surface area contributed by atoms with Gasteiger partial charge in [0.1, 0.15) is 17.4 Å². The van der Waals surface area contributed by atoms with Crippen LogP contribution in [0.25, 0.3) is 16.8 Å². The van der Waals surface area contributed by atoms with Gasteiger partial charge in [0.25, 0.3) is 0 Å². The highest BCUT2D eigenvalue weighted by atomic mass is 19.4. The number of nitrogens with zero attached hydrogens (tertiary/aromatic N) is 2. The lowest BCUT2D eigenvalue weighted by molar-refractivity contribution is -0.0571. The molecule has 38 heavy (non-hydrogen) atoms. The minimum atomic E-state index is -4.82. The van der Waals surface area contributed by atoms with Gasteiger partial charge >= 0.3 is 12.1 Å². The second-order valence-electron chi connectivity index (χ2n) is 8.54. The van der Waals surface area contributed by atoms with Crippen LogP contribution in [-0.2, 0) is 12.8 Å². The fraction of sp³-hybridized carbons (Fsp3) is 0.148. The summed E-state index contributed by atoms with van der Waals surface area (Å²) < 4.78 is 52.8. The molecule has 0 radical (unpaired) electrons. The Labute approximate surface area is 213 Å². The van der Waals surface area contributed by atoms with Gasteiger partial charge in [-0.3, -0.25) is 0 Å². The first-order chi connectivity index (χ1) is 18.2. The molecule has 1 aliphatic rings. The number of hydrogen-bond donors (Lipinski definition) is 3. The lowest BCUT2D eigenvalue weighted by atomic mass is 9.85. The molecule has 5 rings (SSSR count). The standard InChI is InChI=1S/C27H20F3N3O5/c28-27(29,30)25(32-16-4-2-1-3-5-16)20(13-31)23-18-9-6-14-12-15(7-8-17(14)21(18)33-38-23)22(34)24-19(26(35)36)10-11-37-24/h1-5,7-8,10-13,22,34H,6,9,31H2,(H,35,36). The number of para-hydroxylation sites is 1. The third-order valence-corrected chi connectivity index (χ3v) is 6.24. The maximum atomic E-state index is 14.1. The number of benzene rings is 2. The topological polar surface area (TPSA) is 135 Å². The first kappa shape index (κ1) is 25.0. The predicted molar refractivity (Wildman–Crippen MR) is 131 cm³/mol. The average molecular weight is 523 g/mol. The zero-order chi connectivity index (χ0) is 27.0. The number of aliphatic imine (C=N–C) groups is 1. The van der Waals surface area contributed by atoms with Crippen LogP contribution in [0.3, 0.4) is 0 Å². The predicted octanol–water partition coefficient (Wildman–Crippen LogP) is 5.45. The number of aromatic nitrogens is 1. The molecule has 4 aromatic rings. The molecule has 194 valence electrons. The van der Waals surface area contributed by atoms with Gasteiger partial charge in [0.15, 0.2) is 17.2 Å². The molecular formula is C27H20F3N3O5. The molecule has 0 saturated carbocycles. The van der Waals surface area contributed by atoms with E-state index in [0.717, 1.165) is 11.8 Å². The highest BCUT2D eigenvalue weighted by Gasteiger charge is 2.41. The molecule has 0 spiro atoms. The van der Waals surface area contributed by atoms with Gasteiger partial charge in [-0.15, -0.1) is 0 Å². The van der Waals surface area contributed by atoms with Crippen LogP contribution in [0.4, 0.5) is 18.9 Å². The summed E-state index contributed by atoms with van der Waals surface area (Å²) in [5.74, 6) is -1.46. The van der Waals surface area contributed by atoms with Crippen LogP contribution in [0, 0.1) is 0 Å². The molecule has 1 aliphatic carbocycles. The van der Waals surface area contributed by atoms with Gasteiger partial charge in [-0.2, -0.15) is 13.2 Å². The molecular weight excluding hydrogens is 503 g/mol. The van der Waals surface area contributed by atoms with Crippen molar-refractivity contribution in [2.75, 3.05) is 0 Å². The van der Waals surface area contributed by atoms with E-state index in [2.05, 4.69) is 10.1 Å². The van der Waals surface area contributed by atoms with Crippen molar-refractivity contribution in [1.82, 2.24) is 5.16 Å². The lowest BCUT2D eigenvalue weighted by Crippen LogP contribution is -2.25. The monoisotopic (exact) mass is 523 g/mol. The molecule has 0 amide bonds. The van der Waals surface area contributed by atoms with Gasteiger partial charge in [0, 0.05) is 17.3 Å². The largest absolute Gasteiger partial charge is 0.478 e. The molecule has 0 aliphatic heterocycles. The normalized spacial score (nSPS) is 14.6. The fourth-order valence-electron chi connectivity index (χ4n) is 4.48. The molecule has 0 bridgehead atoms. The first-order valence-electron chi connectivity index (χ1n) is 11.4. The van der Waals surface area contributed by atoms with E-state index in [1.54, 1.807) is 36.4 Å². The number of nitrogens with two attached hydrogens (primary N) is 1. The van der Waals surface area contributed by atoms with E-state index >= 15 is 0 Å². The molecule has 0 fully saturated rings. The molecule has 1 atom stereocenters. The molecule has 11 heteroatoms. The van der Waals surface area contributed by atoms with Gasteiger partial charge in [0.05, 0.1) is 17.5 Å². The summed E-state index contributed by atoms with van der Waals surface area (Å²) in [5.41, 5.74) is 6.55. The van der Waals surface area contributed by atoms with Crippen LogP contribution < -0.4 is 5.73 Å². The average Bonchev–Trinajstić information content (AvgIpc) is 3.56. The number of furan rings is 1. The van der Waals surface area contributed by atoms with Crippen molar-refractivity contribution in [1.29, 1.82) is 0 Å². The fourth-order valence-corrected chi connectivity index (χ4v) is 4.48. The van der Waals surface area contributed by atoms with Crippen molar-refractivity contribution < 1.29 is 37.1 Å². The van der Waals surface area contributed by atoms with Crippen LogP contribution in [0.1, 0.15) is 44.7 Å². The number of rotatable bonds is 6. The Morgan fingerprint density at radius 1 is 1.13 bits per heavy atom. The van der Waals surface area contributed by atoms with Crippen LogP contribution in [-0.4, -0.2) is 33.2 Å². The SMILES string of the molecule is NC=C(C(=Nc1ccccc1)C(F)(F)F)c1onc2c1CCc1cc(C(O)c3occc3C(=O)O)ccc1-2. The highest BCUT2D eigenvalue weighted by molar-refractivity contribution is 6.26. The molecule has 4 N–H and O–H groups in total. The molecule has 2 aromatic heterocycles. The Kier molecular flexibility index (Phi) is 6.37. The minimum Gasteiger partial charge on any atom is -0.478 e. The number of carboxylic acid groups (broad SMARTS) is 1. The Morgan fingerprint density at radius 3 is 2.58 bits per heavy atom. The third-order valence-electron chi connectivity index (χ3n) is 6.24. The minimum absolute atomic E-state index is 0.103. The van der Waals surface area contributed by atoms with Crippen molar-refractivity contribution in [3.05, 3.63) is 101 Å². The van der Waals surface area contributed by atoms with E-state index in [0.29, 0.717) is 28.8 Å². The van der Waals surface area contributed by atoms with E-state index < -0.39 is 29.5 Å². The van der Waals surface area contributed by atoms with Crippen LogP contribution in [0.15, 0.2) is 81.0 Å². The number of aliphatic hydroxyl groups is 1. The van der Waals surface area contributed by atoms with Crippen molar-refractivity contribution in [2.45, 2.75) is 25.1 Å². The molecule has 0 saturated heterocycles. The van der Waals surface area contributed by atoms with E-state index in [1.165, 1.54) is 24.5 Å². The zero-order valence-corrected chi connectivity index (χ0v) is 19.6. The first-order valence-corrected chi connectivity index (χ1v) is 11.4. The van der Waals surface area contributed by atoms with Crippen LogP contribution in [0.2, 0.25) is 0 Å². The van der Waals surface area contributed by atoms with E-state index in [-0.39, 0.29) is 29.2 Å². The summed E-state index contributed by atoms with van der Waals surface area (Å²) in [6, 6.07) is 13.9. The van der Waals surface area contributed by atoms with Crippen molar-refractivity contribution in [3.8, 4) is 11.3 Å². The summed E-state index contributed by atoms with van der Waals surface area (Å²) in [6.07, 6.45) is -3.47. The maximum Gasteiger partial charge on any atom is 0.434 e. The van der Waals surface area contributed by atoms with Crippen molar-refractivity contribution >= 4 is 22.9 Å².